The first-order chi connectivity index (χ1) is 8.65. The Hall–Kier alpha value is -0.610. The van der Waals surface area contributed by atoms with Crippen molar-refractivity contribution in [1.29, 1.82) is 0 Å². The Morgan fingerprint density at radius 3 is 2.56 bits per heavy atom. The molecule has 0 bridgehead atoms. The second kappa shape index (κ2) is 11.5. The van der Waals surface area contributed by atoms with Crippen molar-refractivity contribution in [2.24, 2.45) is 11.7 Å². The smallest absolute Gasteiger partial charge is 0.222 e. The van der Waals surface area contributed by atoms with Gasteiger partial charge in [-0.15, -0.1) is 0 Å². The normalized spacial score (nSPS) is 12.4. The molecule has 108 valence electrons. The number of ether oxygens (including phenoxy) is 1. The topological polar surface area (TPSA) is 55.6 Å². The summed E-state index contributed by atoms with van der Waals surface area (Å²) in [5.74, 6) is 0.817. The van der Waals surface area contributed by atoms with Gasteiger partial charge < -0.3 is 15.4 Å². The summed E-state index contributed by atoms with van der Waals surface area (Å²) in [4.78, 5) is 13.7. The molecule has 0 aliphatic rings. The predicted molar refractivity (Wildman–Crippen MR) is 75.4 cm³/mol. The van der Waals surface area contributed by atoms with Gasteiger partial charge in [-0.2, -0.15) is 0 Å². The molecule has 1 atom stereocenters. The second-order valence-corrected chi connectivity index (χ2v) is 4.78. The summed E-state index contributed by atoms with van der Waals surface area (Å²) in [6.45, 7) is 6.88. The third kappa shape index (κ3) is 8.48. The maximum Gasteiger partial charge on any atom is 0.222 e. The lowest BCUT2D eigenvalue weighted by Crippen LogP contribution is -2.30. The van der Waals surface area contributed by atoms with E-state index in [9.17, 15) is 4.79 Å². The van der Waals surface area contributed by atoms with Crippen LogP contribution in [0.4, 0.5) is 0 Å². The van der Waals surface area contributed by atoms with E-state index in [2.05, 4.69) is 6.92 Å². The molecule has 0 saturated heterocycles. The van der Waals surface area contributed by atoms with Crippen LogP contribution in [0.15, 0.2) is 0 Å². The average Bonchev–Trinajstić information content (AvgIpc) is 2.36. The zero-order chi connectivity index (χ0) is 13.8. The van der Waals surface area contributed by atoms with Crippen molar-refractivity contribution in [3.8, 4) is 0 Å². The van der Waals surface area contributed by atoms with Crippen LogP contribution in [-0.4, -0.2) is 44.2 Å². The molecule has 0 aliphatic heterocycles. The van der Waals surface area contributed by atoms with Gasteiger partial charge in [-0.05, 0) is 32.2 Å². The van der Waals surface area contributed by atoms with Gasteiger partial charge in [0.05, 0.1) is 6.61 Å². The first-order valence-electron chi connectivity index (χ1n) is 7.17. The average molecular weight is 258 g/mol. The monoisotopic (exact) mass is 258 g/mol. The van der Waals surface area contributed by atoms with Crippen LogP contribution in [0.5, 0.6) is 0 Å². The van der Waals surface area contributed by atoms with E-state index in [0.29, 0.717) is 32.1 Å². The minimum absolute atomic E-state index is 0.216. The number of hydrogen-bond donors (Lipinski definition) is 1. The summed E-state index contributed by atoms with van der Waals surface area (Å²) in [7, 11) is 1.85. The summed E-state index contributed by atoms with van der Waals surface area (Å²) < 4.78 is 5.25. The largest absolute Gasteiger partial charge is 0.380 e. The molecule has 0 aromatic rings. The molecule has 0 aromatic heterocycles. The molecule has 0 radical (unpaired) electrons. The van der Waals surface area contributed by atoms with E-state index in [1.165, 1.54) is 12.8 Å². The van der Waals surface area contributed by atoms with E-state index in [4.69, 9.17) is 10.5 Å². The van der Waals surface area contributed by atoms with E-state index in [1.807, 2.05) is 14.0 Å². The molecule has 0 saturated carbocycles. The third-order valence-electron chi connectivity index (χ3n) is 3.24. The third-order valence-corrected chi connectivity index (χ3v) is 3.24. The highest BCUT2D eigenvalue weighted by Gasteiger charge is 2.12. The van der Waals surface area contributed by atoms with Crippen molar-refractivity contribution >= 4 is 5.91 Å². The van der Waals surface area contributed by atoms with Crippen LogP contribution in [0.2, 0.25) is 0 Å². The SMILES string of the molecule is CCCC(CCN)CCC(=O)N(C)CCOCC. The molecule has 1 amide bonds. The van der Waals surface area contributed by atoms with Gasteiger partial charge in [-0.25, -0.2) is 0 Å². The number of carbonyl (C=O) groups excluding carboxylic acids is 1. The minimum atomic E-state index is 0.216. The van der Waals surface area contributed by atoms with Crippen LogP contribution in [-0.2, 0) is 9.53 Å². The van der Waals surface area contributed by atoms with Crippen molar-refractivity contribution in [1.82, 2.24) is 4.90 Å². The molecule has 0 heterocycles. The molecular weight excluding hydrogens is 228 g/mol. The maximum absolute atomic E-state index is 11.9. The van der Waals surface area contributed by atoms with E-state index in [0.717, 1.165) is 19.4 Å². The lowest BCUT2D eigenvalue weighted by Gasteiger charge is -2.19. The van der Waals surface area contributed by atoms with Gasteiger partial charge in [0.25, 0.3) is 0 Å². The number of hydrogen-bond acceptors (Lipinski definition) is 3. The zero-order valence-electron chi connectivity index (χ0n) is 12.3. The molecule has 2 N–H and O–H groups in total. The first-order valence-corrected chi connectivity index (χ1v) is 7.17. The molecule has 4 nitrogen and oxygen atoms in total. The molecule has 18 heavy (non-hydrogen) atoms. The van der Waals surface area contributed by atoms with Gasteiger partial charge in [-0.1, -0.05) is 19.8 Å². The fourth-order valence-corrected chi connectivity index (χ4v) is 2.07. The Balaban J connectivity index is 3.83. The number of nitrogens with zero attached hydrogens (tertiary/aromatic N) is 1. The van der Waals surface area contributed by atoms with Crippen LogP contribution in [0.1, 0.15) is 46.0 Å². The molecule has 1 unspecified atom stereocenters. The highest BCUT2D eigenvalue weighted by Crippen LogP contribution is 2.17. The number of nitrogens with two attached hydrogens (primary N) is 1. The molecule has 0 rings (SSSR count). The molecule has 4 heteroatoms. The molecule has 0 aliphatic carbocycles. The standard InChI is InChI=1S/C14H30N2O2/c1-4-6-13(9-10-15)7-8-14(17)16(3)11-12-18-5-2/h13H,4-12,15H2,1-3H3. The number of carbonyl (C=O) groups is 1. The molecule has 0 fully saturated rings. The van der Waals surface area contributed by atoms with Gasteiger partial charge in [0.2, 0.25) is 5.91 Å². The highest BCUT2D eigenvalue weighted by molar-refractivity contribution is 5.75. The van der Waals surface area contributed by atoms with Gasteiger partial charge >= 0.3 is 0 Å². The molecule has 0 aromatic carbocycles. The molecule has 0 spiro atoms. The van der Waals surface area contributed by atoms with E-state index < -0.39 is 0 Å². The van der Waals surface area contributed by atoms with E-state index in [-0.39, 0.29) is 5.91 Å². The van der Waals surface area contributed by atoms with Crippen LogP contribution < -0.4 is 5.73 Å². The summed E-state index contributed by atoms with van der Waals surface area (Å²) in [5.41, 5.74) is 5.60. The van der Waals surface area contributed by atoms with Crippen molar-refractivity contribution in [2.75, 3.05) is 33.4 Å². The number of rotatable bonds is 11. The van der Waals surface area contributed by atoms with Crippen molar-refractivity contribution in [2.45, 2.75) is 46.0 Å². The highest BCUT2D eigenvalue weighted by atomic mass is 16.5. The zero-order valence-corrected chi connectivity index (χ0v) is 12.3. The summed E-state index contributed by atoms with van der Waals surface area (Å²) in [6.07, 6.45) is 4.96. The Morgan fingerprint density at radius 1 is 1.28 bits per heavy atom. The Labute approximate surface area is 112 Å². The lowest BCUT2D eigenvalue weighted by molar-refractivity contribution is -0.130. The lowest BCUT2D eigenvalue weighted by atomic mass is 9.94. The summed E-state index contributed by atoms with van der Waals surface area (Å²) >= 11 is 0. The second-order valence-electron chi connectivity index (χ2n) is 4.78. The van der Waals surface area contributed by atoms with Crippen molar-refractivity contribution in [3.63, 3.8) is 0 Å². The molecular formula is C14H30N2O2. The quantitative estimate of drug-likeness (QED) is 0.577. The van der Waals surface area contributed by atoms with Crippen LogP contribution in [0.3, 0.4) is 0 Å². The van der Waals surface area contributed by atoms with Gasteiger partial charge in [-0.3, -0.25) is 4.79 Å². The first kappa shape index (κ1) is 17.4. The Morgan fingerprint density at radius 2 is 2.00 bits per heavy atom. The maximum atomic E-state index is 11.9. The van der Waals surface area contributed by atoms with E-state index >= 15 is 0 Å². The van der Waals surface area contributed by atoms with Crippen LogP contribution >= 0.6 is 0 Å². The minimum Gasteiger partial charge on any atom is -0.380 e. The van der Waals surface area contributed by atoms with Gasteiger partial charge in [0.1, 0.15) is 0 Å². The number of amides is 1. The van der Waals surface area contributed by atoms with Crippen molar-refractivity contribution in [3.05, 3.63) is 0 Å². The fourth-order valence-electron chi connectivity index (χ4n) is 2.07. The Kier molecular flexibility index (Phi) is 11.1. The van der Waals surface area contributed by atoms with Crippen LogP contribution in [0, 0.1) is 5.92 Å². The number of likely N-dealkylation sites (N-methyl/N-ethyl adjacent to an activating group) is 1. The van der Waals surface area contributed by atoms with Crippen molar-refractivity contribution < 1.29 is 9.53 Å². The summed E-state index contributed by atoms with van der Waals surface area (Å²) in [6, 6.07) is 0. The van der Waals surface area contributed by atoms with Gasteiger partial charge in [0.15, 0.2) is 0 Å². The van der Waals surface area contributed by atoms with Gasteiger partial charge in [0, 0.05) is 26.6 Å². The fraction of sp³-hybridized carbons (Fsp3) is 0.929. The van der Waals surface area contributed by atoms with E-state index in [1.54, 1.807) is 4.90 Å². The summed E-state index contributed by atoms with van der Waals surface area (Å²) in [5, 5.41) is 0. The Bertz CT molecular complexity index is 204. The van der Waals surface area contributed by atoms with Crippen LogP contribution in [0.25, 0.3) is 0 Å². The predicted octanol–water partition coefficient (Wildman–Crippen LogP) is 2.03.